The highest BCUT2D eigenvalue weighted by molar-refractivity contribution is 5.79. The Bertz CT molecular complexity index is 309. The highest BCUT2D eigenvalue weighted by Gasteiger charge is 2.39. The predicted octanol–water partition coefficient (Wildman–Crippen LogP) is 1.53. The molecular formula is C13H23N3O. The molecule has 1 rings (SSSR count). The van der Waals surface area contributed by atoms with Crippen molar-refractivity contribution in [2.45, 2.75) is 51.1 Å². The molecule has 0 radical (unpaired) electrons. The zero-order valence-corrected chi connectivity index (χ0v) is 11.3. The van der Waals surface area contributed by atoms with E-state index >= 15 is 0 Å². The van der Waals surface area contributed by atoms with Crippen LogP contribution in [0.25, 0.3) is 0 Å². The first kappa shape index (κ1) is 14.0. The third-order valence-electron chi connectivity index (χ3n) is 3.68. The summed E-state index contributed by atoms with van der Waals surface area (Å²) < 4.78 is 0. The van der Waals surface area contributed by atoms with Crippen molar-refractivity contribution in [3.8, 4) is 6.07 Å². The first-order valence-electron chi connectivity index (χ1n) is 6.30. The monoisotopic (exact) mass is 237 g/mol. The number of rotatable bonds is 3. The van der Waals surface area contributed by atoms with Gasteiger partial charge < -0.3 is 5.32 Å². The molecule has 96 valence electrons. The van der Waals surface area contributed by atoms with Crippen LogP contribution in [0.3, 0.4) is 0 Å². The molecule has 0 bridgehead atoms. The summed E-state index contributed by atoms with van der Waals surface area (Å²) in [5.74, 6) is 0.226. The SMILES string of the molecule is CC(C)NC(=O)C1CCC(C#N)(N(C)C)CC1. The average Bonchev–Trinajstić information content (AvgIpc) is 2.28. The maximum absolute atomic E-state index is 11.9. The van der Waals surface area contributed by atoms with Crippen molar-refractivity contribution in [3.05, 3.63) is 0 Å². The van der Waals surface area contributed by atoms with Gasteiger partial charge in [0.1, 0.15) is 5.54 Å². The van der Waals surface area contributed by atoms with Crippen LogP contribution in [0.4, 0.5) is 0 Å². The Balaban J connectivity index is 2.56. The third-order valence-corrected chi connectivity index (χ3v) is 3.68. The van der Waals surface area contributed by atoms with Gasteiger partial charge in [0.05, 0.1) is 6.07 Å². The number of carbonyl (C=O) groups excluding carboxylic acids is 1. The summed E-state index contributed by atoms with van der Waals surface area (Å²) in [5, 5.41) is 12.2. The largest absolute Gasteiger partial charge is 0.354 e. The zero-order chi connectivity index (χ0) is 13.1. The number of nitrogens with one attached hydrogen (secondary N) is 1. The molecule has 17 heavy (non-hydrogen) atoms. The van der Waals surface area contributed by atoms with Gasteiger partial charge in [-0.05, 0) is 53.6 Å². The van der Waals surface area contributed by atoms with Gasteiger partial charge >= 0.3 is 0 Å². The number of amides is 1. The van der Waals surface area contributed by atoms with E-state index in [4.69, 9.17) is 0 Å². The fourth-order valence-corrected chi connectivity index (χ4v) is 2.42. The molecule has 4 heteroatoms. The lowest BCUT2D eigenvalue weighted by Crippen LogP contribution is -2.48. The molecule has 0 heterocycles. The van der Waals surface area contributed by atoms with Gasteiger partial charge in [-0.2, -0.15) is 5.26 Å². The summed E-state index contributed by atoms with van der Waals surface area (Å²) in [6.07, 6.45) is 3.19. The standard InChI is InChI=1S/C13H23N3O/c1-10(2)15-12(17)11-5-7-13(9-14,8-6-11)16(3)4/h10-11H,5-8H2,1-4H3,(H,15,17). The Morgan fingerprint density at radius 3 is 2.29 bits per heavy atom. The van der Waals surface area contributed by atoms with Crippen LogP contribution in [0.1, 0.15) is 39.5 Å². The molecule has 0 aromatic heterocycles. The molecule has 0 aromatic rings. The number of nitrogens with zero attached hydrogens (tertiary/aromatic N) is 2. The van der Waals surface area contributed by atoms with Crippen LogP contribution < -0.4 is 5.32 Å². The Morgan fingerprint density at radius 2 is 1.94 bits per heavy atom. The van der Waals surface area contributed by atoms with Crippen LogP contribution in [-0.4, -0.2) is 36.5 Å². The van der Waals surface area contributed by atoms with Crippen molar-refractivity contribution in [1.29, 1.82) is 5.26 Å². The minimum Gasteiger partial charge on any atom is -0.354 e. The lowest BCUT2D eigenvalue weighted by atomic mass is 9.76. The molecule has 0 aromatic carbocycles. The van der Waals surface area contributed by atoms with Crippen LogP contribution in [-0.2, 0) is 4.79 Å². The molecular weight excluding hydrogens is 214 g/mol. The average molecular weight is 237 g/mol. The number of hydrogen-bond donors (Lipinski definition) is 1. The van der Waals surface area contributed by atoms with E-state index in [1.54, 1.807) is 0 Å². The number of hydrogen-bond acceptors (Lipinski definition) is 3. The fraction of sp³-hybridized carbons (Fsp3) is 0.846. The summed E-state index contributed by atoms with van der Waals surface area (Å²) >= 11 is 0. The van der Waals surface area contributed by atoms with E-state index < -0.39 is 0 Å². The molecule has 0 aliphatic heterocycles. The first-order valence-corrected chi connectivity index (χ1v) is 6.30. The molecule has 1 fully saturated rings. The van der Waals surface area contributed by atoms with Gasteiger partial charge in [0.2, 0.25) is 5.91 Å². The maximum atomic E-state index is 11.9. The molecule has 0 unspecified atom stereocenters. The Kier molecular flexibility index (Phi) is 4.53. The minimum atomic E-state index is -0.366. The van der Waals surface area contributed by atoms with E-state index in [2.05, 4.69) is 11.4 Å². The van der Waals surface area contributed by atoms with E-state index in [0.717, 1.165) is 25.7 Å². The molecule has 1 amide bonds. The molecule has 4 nitrogen and oxygen atoms in total. The van der Waals surface area contributed by atoms with Crippen LogP contribution >= 0.6 is 0 Å². The summed E-state index contributed by atoms with van der Waals surface area (Å²) in [4.78, 5) is 13.9. The molecule has 1 N–H and O–H groups in total. The lowest BCUT2D eigenvalue weighted by molar-refractivity contribution is -0.127. The zero-order valence-electron chi connectivity index (χ0n) is 11.3. The third kappa shape index (κ3) is 3.19. The van der Waals surface area contributed by atoms with E-state index in [-0.39, 0.29) is 23.4 Å². The van der Waals surface area contributed by atoms with E-state index in [9.17, 15) is 10.1 Å². The minimum absolute atomic E-state index is 0.0822. The smallest absolute Gasteiger partial charge is 0.223 e. The second kappa shape index (κ2) is 5.50. The highest BCUT2D eigenvalue weighted by Crippen LogP contribution is 2.35. The van der Waals surface area contributed by atoms with Crippen molar-refractivity contribution in [3.63, 3.8) is 0 Å². The summed E-state index contributed by atoms with van der Waals surface area (Å²) in [5.41, 5.74) is -0.366. The second-order valence-corrected chi connectivity index (χ2v) is 5.48. The van der Waals surface area contributed by atoms with Gasteiger partial charge in [0, 0.05) is 12.0 Å². The Morgan fingerprint density at radius 1 is 1.41 bits per heavy atom. The fourth-order valence-electron chi connectivity index (χ4n) is 2.42. The van der Waals surface area contributed by atoms with Crippen LogP contribution in [0.15, 0.2) is 0 Å². The van der Waals surface area contributed by atoms with Crippen molar-refractivity contribution >= 4 is 5.91 Å². The summed E-state index contributed by atoms with van der Waals surface area (Å²) in [7, 11) is 3.88. The van der Waals surface area contributed by atoms with Crippen molar-refractivity contribution < 1.29 is 4.79 Å². The first-order chi connectivity index (χ1) is 7.91. The van der Waals surface area contributed by atoms with Gasteiger partial charge in [-0.1, -0.05) is 0 Å². The Hall–Kier alpha value is -1.08. The topological polar surface area (TPSA) is 56.1 Å². The predicted molar refractivity (Wildman–Crippen MR) is 67.3 cm³/mol. The van der Waals surface area contributed by atoms with Crippen LogP contribution in [0.5, 0.6) is 0 Å². The van der Waals surface area contributed by atoms with Gasteiger partial charge in [0.25, 0.3) is 0 Å². The molecule has 0 atom stereocenters. The normalized spacial score (nSPS) is 29.1. The van der Waals surface area contributed by atoms with Gasteiger partial charge in [-0.15, -0.1) is 0 Å². The van der Waals surface area contributed by atoms with E-state index in [1.165, 1.54) is 0 Å². The van der Waals surface area contributed by atoms with Gasteiger partial charge in [0.15, 0.2) is 0 Å². The highest BCUT2D eigenvalue weighted by atomic mass is 16.1. The molecule has 1 aliphatic rings. The number of carbonyl (C=O) groups is 1. The molecule has 0 saturated heterocycles. The summed E-state index contributed by atoms with van der Waals surface area (Å²) in [6, 6.07) is 2.60. The van der Waals surface area contributed by atoms with Crippen molar-refractivity contribution in [2.24, 2.45) is 5.92 Å². The van der Waals surface area contributed by atoms with Crippen molar-refractivity contribution in [2.75, 3.05) is 14.1 Å². The van der Waals surface area contributed by atoms with Crippen LogP contribution in [0.2, 0.25) is 0 Å². The van der Waals surface area contributed by atoms with E-state index in [0.29, 0.717) is 0 Å². The van der Waals surface area contributed by atoms with Crippen LogP contribution in [0, 0.1) is 17.2 Å². The van der Waals surface area contributed by atoms with Crippen molar-refractivity contribution in [1.82, 2.24) is 10.2 Å². The van der Waals surface area contributed by atoms with Gasteiger partial charge in [-0.3, -0.25) is 9.69 Å². The second-order valence-electron chi connectivity index (χ2n) is 5.48. The molecule has 0 spiro atoms. The van der Waals surface area contributed by atoms with Gasteiger partial charge in [-0.25, -0.2) is 0 Å². The maximum Gasteiger partial charge on any atom is 0.223 e. The number of nitriles is 1. The molecule has 1 saturated carbocycles. The summed E-state index contributed by atoms with van der Waals surface area (Å²) in [6.45, 7) is 3.94. The molecule has 1 aliphatic carbocycles. The lowest BCUT2D eigenvalue weighted by Gasteiger charge is -2.39. The van der Waals surface area contributed by atoms with E-state index in [1.807, 2.05) is 32.8 Å². The Labute approximate surface area is 104 Å². The quantitative estimate of drug-likeness (QED) is 0.809.